The predicted octanol–water partition coefficient (Wildman–Crippen LogP) is 3.18. The molecule has 0 spiro atoms. The number of carboxylic acids is 1. The first-order valence-electron chi connectivity index (χ1n) is 13.3. The number of nitrogens with one attached hydrogen (secondary N) is 1. The summed E-state index contributed by atoms with van der Waals surface area (Å²) in [5, 5.41) is 12.3. The second-order valence-electron chi connectivity index (χ2n) is 9.90. The van der Waals surface area contributed by atoms with Gasteiger partial charge in [-0.05, 0) is 61.1 Å². The van der Waals surface area contributed by atoms with Crippen LogP contribution in [0.4, 0.5) is 0 Å². The highest BCUT2D eigenvalue weighted by Gasteiger charge is 2.40. The van der Waals surface area contributed by atoms with Gasteiger partial charge in [0.2, 0.25) is 15.9 Å². The fraction of sp³-hybridized carbons (Fsp3) is 0.333. The third-order valence-corrected chi connectivity index (χ3v) is 8.87. The van der Waals surface area contributed by atoms with Crippen LogP contribution in [0.15, 0.2) is 83.9 Å². The van der Waals surface area contributed by atoms with E-state index < -0.39 is 34.0 Å². The standard InChI is InChI=1S/C30H33N3O6S/c34-25(10-6-9-24-8-4-5-18-31-24)20-22-14-16-23(17-15-22)21-27(30(36)37)32-29(35)28-13-7-19-33(28)40(38,39)26-11-2-1-3-12-26/h1-5,8,11-12,14-18,27-28H,6-7,9-10,13,19-21H2,(H,32,35)(H,36,37)/t27?,28-/m0/s1. The molecule has 2 atom stereocenters. The molecule has 1 unspecified atom stereocenters. The zero-order valence-electron chi connectivity index (χ0n) is 22.1. The van der Waals surface area contributed by atoms with E-state index in [0.29, 0.717) is 24.8 Å². The van der Waals surface area contributed by atoms with E-state index in [9.17, 15) is 27.9 Å². The first-order chi connectivity index (χ1) is 19.2. The molecule has 2 aromatic carbocycles. The van der Waals surface area contributed by atoms with Crippen LogP contribution in [0, 0.1) is 0 Å². The van der Waals surface area contributed by atoms with Crippen LogP contribution in [0.5, 0.6) is 0 Å². The largest absolute Gasteiger partial charge is 0.480 e. The Balaban J connectivity index is 1.31. The van der Waals surface area contributed by atoms with Gasteiger partial charge in [0.15, 0.2) is 0 Å². The second-order valence-corrected chi connectivity index (χ2v) is 11.8. The highest BCUT2D eigenvalue weighted by Crippen LogP contribution is 2.26. The van der Waals surface area contributed by atoms with E-state index in [2.05, 4.69) is 10.3 Å². The van der Waals surface area contributed by atoms with Gasteiger partial charge in [-0.1, -0.05) is 48.5 Å². The Kier molecular flexibility index (Phi) is 9.79. The lowest BCUT2D eigenvalue weighted by molar-refractivity contribution is -0.142. The van der Waals surface area contributed by atoms with E-state index >= 15 is 0 Å². The smallest absolute Gasteiger partial charge is 0.326 e. The van der Waals surface area contributed by atoms with Crippen molar-refractivity contribution in [2.45, 2.75) is 61.9 Å². The number of sulfonamides is 1. The van der Waals surface area contributed by atoms with Crippen LogP contribution in [0.3, 0.4) is 0 Å². The molecule has 0 bridgehead atoms. The Morgan fingerprint density at radius 1 is 0.975 bits per heavy atom. The lowest BCUT2D eigenvalue weighted by Gasteiger charge is -2.25. The number of aromatic nitrogens is 1. The normalized spacial score (nSPS) is 16.4. The Morgan fingerprint density at radius 3 is 2.35 bits per heavy atom. The van der Waals surface area contributed by atoms with E-state index in [-0.39, 0.29) is 30.1 Å². The third kappa shape index (κ3) is 7.61. The van der Waals surface area contributed by atoms with Gasteiger partial charge in [0.05, 0.1) is 4.90 Å². The number of carbonyl (C=O) groups is 3. The summed E-state index contributed by atoms with van der Waals surface area (Å²) >= 11 is 0. The van der Waals surface area contributed by atoms with Crippen molar-refractivity contribution in [1.82, 2.24) is 14.6 Å². The van der Waals surface area contributed by atoms with Gasteiger partial charge in [-0.25, -0.2) is 13.2 Å². The minimum atomic E-state index is -3.89. The molecule has 1 amide bonds. The van der Waals surface area contributed by atoms with E-state index in [1.165, 1.54) is 12.1 Å². The van der Waals surface area contributed by atoms with E-state index in [1.54, 1.807) is 48.7 Å². The maximum Gasteiger partial charge on any atom is 0.326 e. The number of carboxylic acid groups (broad SMARTS) is 1. The molecule has 40 heavy (non-hydrogen) atoms. The molecular formula is C30H33N3O6S. The number of Topliss-reactive ketones (excluding diaryl/α,β-unsaturated/α-hetero) is 1. The van der Waals surface area contributed by atoms with Crippen LogP contribution < -0.4 is 5.32 Å². The van der Waals surface area contributed by atoms with Crippen molar-refractivity contribution in [3.05, 3.63) is 95.8 Å². The average Bonchev–Trinajstić information content (AvgIpc) is 3.46. The number of hydrogen-bond donors (Lipinski definition) is 2. The predicted molar refractivity (Wildman–Crippen MR) is 149 cm³/mol. The highest BCUT2D eigenvalue weighted by atomic mass is 32.2. The zero-order valence-corrected chi connectivity index (χ0v) is 22.9. The van der Waals surface area contributed by atoms with Crippen molar-refractivity contribution in [3.8, 4) is 0 Å². The summed E-state index contributed by atoms with van der Waals surface area (Å²) in [5.41, 5.74) is 2.47. The second kappa shape index (κ2) is 13.5. The van der Waals surface area contributed by atoms with Gasteiger partial charge in [-0.15, -0.1) is 0 Å². The van der Waals surface area contributed by atoms with Gasteiger partial charge in [0, 0.05) is 37.7 Å². The minimum absolute atomic E-state index is 0.0253. The minimum Gasteiger partial charge on any atom is -0.480 e. The summed E-state index contributed by atoms with van der Waals surface area (Å²) in [4.78, 5) is 41.8. The summed E-state index contributed by atoms with van der Waals surface area (Å²) in [6, 6.07) is 18.5. The van der Waals surface area contributed by atoms with Crippen molar-refractivity contribution >= 4 is 27.7 Å². The lowest BCUT2D eigenvalue weighted by atomic mass is 10.00. The van der Waals surface area contributed by atoms with Crippen molar-refractivity contribution in [2.24, 2.45) is 0 Å². The molecular weight excluding hydrogens is 530 g/mol. The summed E-state index contributed by atoms with van der Waals surface area (Å²) in [7, 11) is -3.89. The molecule has 2 N–H and O–H groups in total. The molecule has 9 nitrogen and oxygen atoms in total. The molecule has 2 heterocycles. The quantitative estimate of drug-likeness (QED) is 0.326. The maximum atomic E-state index is 13.1. The summed E-state index contributed by atoms with van der Waals surface area (Å²) < 4.78 is 27.3. The number of ketones is 1. The van der Waals surface area contributed by atoms with Crippen LogP contribution >= 0.6 is 0 Å². The van der Waals surface area contributed by atoms with Gasteiger partial charge >= 0.3 is 5.97 Å². The van der Waals surface area contributed by atoms with Crippen LogP contribution in [-0.2, 0) is 43.7 Å². The van der Waals surface area contributed by atoms with E-state index in [0.717, 1.165) is 28.4 Å². The van der Waals surface area contributed by atoms with Crippen molar-refractivity contribution in [2.75, 3.05) is 6.54 Å². The van der Waals surface area contributed by atoms with Gasteiger partial charge in [-0.3, -0.25) is 14.6 Å². The van der Waals surface area contributed by atoms with E-state index in [1.807, 2.05) is 18.2 Å². The fourth-order valence-electron chi connectivity index (χ4n) is 4.84. The summed E-state index contributed by atoms with van der Waals surface area (Å²) in [6.45, 7) is 0.191. The molecule has 1 aliphatic rings. The van der Waals surface area contributed by atoms with Crippen molar-refractivity contribution in [1.29, 1.82) is 0 Å². The van der Waals surface area contributed by atoms with Crippen LogP contribution in [0.1, 0.15) is 42.5 Å². The lowest BCUT2D eigenvalue weighted by Crippen LogP contribution is -2.51. The first kappa shape index (κ1) is 29.1. The molecule has 1 saturated heterocycles. The van der Waals surface area contributed by atoms with Crippen LogP contribution in [-0.4, -0.2) is 59.1 Å². The molecule has 210 valence electrons. The van der Waals surface area contributed by atoms with Gasteiger partial charge < -0.3 is 10.4 Å². The van der Waals surface area contributed by atoms with Crippen molar-refractivity contribution in [3.63, 3.8) is 0 Å². The number of pyridine rings is 1. The fourth-order valence-corrected chi connectivity index (χ4v) is 6.52. The number of rotatable bonds is 13. The number of nitrogens with zero attached hydrogens (tertiary/aromatic N) is 2. The molecule has 1 fully saturated rings. The number of aryl methyl sites for hydroxylation is 1. The number of benzene rings is 2. The summed E-state index contributed by atoms with van der Waals surface area (Å²) in [5.74, 6) is -1.72. The Bertz CT molecular complexity index is 1410. The molecule has 4 rings (SSSR count). The molecule has 1 aromatic heterocycles. The monoisotopic (exact) mass is 563 g/mol. The van der Waals surface area contributed by atoms with Crippen LogP contribution in [0.25, 0.3) is 0 Å². The van der Waals surface area contributed by atoms with Gasteiger partial charge in [0.1, 0.15) is 17.9 Å². The first-order valence-corrected chi connectivity index (χ1v) is 14.8. The van der Waals surface area contributed by atoms with Gasteiger partial charge in [-0.2, -0.15) is 4.31 Å². The molecule has 1 aliphatic heterocycles. The molecule has 0 radical (unpaired) electrons. The van der Waals surface area contributed by atoms with Crippen LogP contribution in [0.2, 0.25) is 0 Å². The Morgan fingerprint density at radius 2 is 1.68 bits per heavy atom. The molecule has 3 aromatic rings. The Labute approximate surface area is 234 Å². The number of carbonyl (C=O) groups excluding carboxylic acids is 2. The third-order valence-electron chi connectivity index (χ3n) is 6.95. The average molecular weight is 564 g/mol. The molecule has 10 heteroatoms. The number of amides is 1. The number of aliphatic carboxylic acids is 1. The number of hydrogen-bond acceptors (Lipinski definition) is 6. The Hall–Kier alpha value is -3.89. The van der Waals surface area contributed by atoms with Gasteiger partial charge in [0.25, 0.3) is 0 Å². The van der Waals surface area contributed by atoms with Crippen molar-refractivity contribution < 1.29 is 27.9 Å². The van der Waals surface area contributed by atoms with E-state index in [4.69, 9.17) is 0 Å². The molecule has 0 aliphatic carbocycles. The maximum absolute atomic E-state index is 13.1. The zero-order chi connectivity index (χ0) is 28.5. The highest BCUT2D eigenvalue weighted by molar-refractivity contribution is 7.89. The summed E-state index contributed by atoms with van der Waals surface area (Å²) in [6.07, 6.45) is 4.78. The topological polar surface area (TPSA) is 134 Å². The molecule has 0 saturated carbocycles. The SMILES string of the molecule is O=C(CCCc1ccccn1)Cc1ccc(CC(NC(=O)[C@@H]2CCCN2S(=O)(=O)c2ccccc2)C(=O)O)cc1.